The monoisotopic (exact) mass is 484 g/mol. The average molecular weight is 485 g/mol. The molecule has 1 atom stereocenters. The number of hydrogen-bond donors (Lipinski definition) is 0. The lowest BCUT2D eigenvalue weighted by Crippen LogP contribution is -2.49. The molecule has 1 amide bonds. The van der Waals surface area contributed by atoms with Gasteiger partial charge in [0.25, 0.3) is 0 Å². The average Bonchev–Trinajstić information content (AvgIpc) is 2.64. The third kappa shape index (κ3) is 6.41. The Morgan fingerprint density at radius 1 is 1.26 bits per heavy atom. The molecule has 1 fully saturated rings. The van der Waals surface area contributed by atoms with Gasteiger partial charge in [0.1, 0.15) is 5.21 Å². The van der Waals surface area contributed by atoms with Gasteiger partial charge in [-0.05, 0) is 63.8 Å². The van der Waals surface area contributed by atoms with Crippen molar-refractivity contribution in [1.82, 2.24) is 0 Å². The molecule has 0 bridgehead atoms. The normalized spacial score (nSPS) is 15.8. The number of halogens is 4. The number of carbonyl (C=O) groups excluding carboxylic acids is 1. The largest absolute Gasteiger partial charge is 0.435 e. The second-order valence-corrected chi connectivity index (χ2v) is 10.2. The first-order valence-electron chi connectivity index (χ1n) is 10.1. The Morgan fingerprint density at radius 3 is 2.29 bits per heavy atom. The van der Waals surface area contributed by atoms with Gasteiger partial charge in [-0.15, -0.1) is 11.6 Å². The second kappa shape index (κ2) is 10.3. The second-order valence-electron chi connectivity index (χ2n) is 7.53. The quantitative estimate of drug-likeness (QED) is 0.467. The van der Waals surface area contributed by atoms with E-state index in [1.54, 1.807) is 13.0 Å². The predicted molar refractivity (Wildman–Crippen MR) is 116 cm³/mol. The molecule has 0 radical (unpaired) electrons. The number of alkyl halides is 4. The molecule has 0 aliphatic heterocycles. The summed E-state index contributed by atoms with van der Waals surface area (Å²) in [6.07, 6.45) is -6.95. The van der Waals surface area contributed by atoms with Gasteiger partial charge >= 0.3 is 12.3 Å². The molecule has 11 heteroatoms. The molecule has 1 saturated carbocycles. The van der Waals surface area contributed by atoms with Crippen LogP contribution in [0.1, 0.15) is 38.7 Å². The summed E-state index contributed by atoms with van der Waals surface area (Å²) in [5.41, 5.74) is 2.10. The van der Waals surface area contributed by atoms with E-state index in [9.17, 15) is 26.4 Å². The van der Waals surface area contributed by atoms with E-state index >= 15 is 0 Å². The molecule has 0 aromatic heterocycles. The molecule has 0 heterocycles. The molecule has 31 heavy (non-hydrogen) atoms. The van der Waals surface area contributed by atoms with E-state index in [0.29, 0.717) is 24.1 Å². The lowest BCUT2D eigenvalue weighted by Gasteiger charge is -2.38. The number of ether oxygens (including phenoxy) is 1. The van der Waals surface area contributed by atoms with Crippen molar-refractivity contribution in [3.63, 3.8) is 0 Å². The summed E-state index contributed by atoms with van der Waals surface area (Å²) in [7, 11) is -4.23. The highest BCUT2D eigenvalue weighted by Crippen LogP contribution is 2.35. The van der Waals surface area contributed by atoms with Crippen molar-refractivity contribution >= 4 is 38.9 Å². The van der Waals surface area contributed by atoms with Gasteiger partial charge < -0.3 is 9.64 Å². The van der Waals surface area contributed by atoms with E-state index in [4.69, 9.17) is 16.3 Å². The first-order valence-corrected chi connectivity index (χ1v) is 12.5. The summed E-state index contributed by atoms with van der Waals surface area (Å²) < 4.78 is 68.2. The maximum Gasteiger partial charge on any atom is 0.426 e. The molecule has 1 aromatic carbocycles. The Kier molecular flexibility index (Phi) is 8.49. The maximum absolute atomic E-state index is 13.4. The number of aryl methyl sites for hydroxylation is 1. The van der Waals surface area contributed by atoms with Crippen LogP contribution in [0.2, 0.25) is 0 Å². The minimum absolute atomic E-state index is 0.302. The molecular formula is C20H28ClF3N2O4S. The van der Waals surface area contributed by atoms with Crippen molar-refractivity contribution in [2.75, 3.05) is 33.9 Å². The Balaban J connectivity index is 2.34. The molecule has 1 aliphatic rings. The predicted octanol–water partition coefficient (Wildman–Crippen LogP) is 4.88. The van der Waals surface area contributed by atoms with Crippen molar-refractivity contribution in [2.24, 2.45) is 0 Å². The topological polar surface area (TPSA) is 66.9 Å². The number of benzene rings is 1. The van der Waals surface area contributed by atoms with Crippen LogP contribution >= 0.6 is 11.6 Å². The van der Waals surface area contributed by atoms with Gasteiger partial charge in [-0.25, -0.2) is 13.2 Å². The number of hydrogen-bond acceptors (Lipinski definition) is 5. The van der Waals surface area contributed by atoms with Crippen LogP contribution in [-0.2, 0) is 14.6 Å². The van der Waals surface area contributed by atoms with Crippen LogP contribution in [0.5, 0.6) is 0 Å². The summed E-state index contributed by atoms with van der Waals surface area (Å²) >= 11 is 5.24. The summed E-state index contributed by atoms with van der Waals surface area (Å²) in [6, 6.07) is 5.08. The van der Waals surface area contributed by atoms with E-state index in [0.717, 1.165) is 25.2 Å². The van der Waals surface area contributed by atoms with Crippen molar-refractivity contribution in [2.45, 2.75) is 58.4 Å². The molecule has 1 aliphatic carbocycles. The summed E-state index contributed by atoms with van der Waals surface area (Å²) in [5, 5.41) is -0.991. The highest BCUT2D eigenvalue weighted by atomic mass is 35.5. The minimum Gasteiger partial charge on any atom is -0.435 e. The number of amides is 1. The number of rotatable bonds is 9. The van der Waals surface area contributed by atoms with E-state index in [-0.39, 0.29) is 6.04 Å². The van der Waals surface area contributed by atoms with Gasteiger partial charge in [0.05, 0.1) is 11.4 Å². The maximum atomic E-state index is 13.4. The third-order valence-corrected chi connectivity index (χ3v) is 7.53. The molecule has 1 unspecified atom stereocenters. The summed E-state index contributed by atoms with van der Waals surface area (Å²) in [4.78, 5) is 16.2. The fraction of sp³-hybridized carbons (Fsp3) is 0.650. The number of anilines is 2. The molecule has 6 nitrogen and oxygen atoms in total. The zero-order chi connectivity index (χ0) is 23.4. The summed E-state index contributed by atoms with van der Waals surface area (Å²) in [5.74, 6) is -1.41. The third-order valence-electron chi connectivity index (χ3n) is 5.38. The van der Waals surface area contributed by atoms with Gasteiger partial charge in [-0.2, -0.15) is 13.2 Å². The standard InChI is InChI=1S/C20H28ClF3N2O4S/c1-4-25(5-2)16-9-10-17(14(3)11-16)26(15-7-6-8-15)19(27)30-18(20(22,23)24)12-31(28,29)13-21/h9-11,15,18H,4-8,12-13H2,1-3H3. The Bertz CT molecular complexity index is 872. The molecule has 0 spiro atoms. The van der Waals surface area contributed by atoms with Gasteiger partial charge in [0.15, 0.2) is 9.84 Å². The van der Waals surface area contributed by atoms with Gasteiger partial charge in [0.2, 0.25) is 6.10 Å². The molecule has 0 N–H and O–H groups in total. The zero-order valence-electron chi connectivity index (χ0n) is 17.8. The van der Waals surface area contributed by atoms with Crippen LogP contribution in [0, 0.1) is 6.92 Å². The van der Waals surface area contributed by atoms with Crippen LogP contribution in [0.15, 0.2) is 18.2 Å². The lowest BCUT2D eigenvalue weighted by atomic mass is 9.91. The fourth-order valence-corrected chi connectivity index (χ4v) is 4.51. The molecule has 176 valence electrons. The van der Waals surface area contributed by atoms with E-state index in [1.807, 2.05) is 26.0 Å². The van der Waals surface area contributed by atoms with Crippen LogP contribution in [0.3, 0.4) is 0 Å². The zero-order valence-corrected chi connectivity index (χ0v) is 19.4. The Morgan fingerprint density at radius 2 is 1.87 bits per heavy atom. The van der Waals surface area contributed by atoms with Crippen molar-refractivity contribution < 1.29 is 31.1 Å². The van der Waals surface area contributed by atoms with Crippen LogP contribution in [0.4, 0.5) is 29.3 Å². The minimum atomic E-state index is -5.04. The Labute approximate surface area is 186 Å². The van der Waals surface area contributed by atoms with Gasteiger partial charge in [-0.3, -0.25) is 4.90 Å². The van der Waals surface area contributed by atoms with E-state index in [2.05, 4.69) is 4.90 Å². The highest BCUT2D eigenvalue weighted by molar-refractivity contribution is 7.92. The number of sulfone groups is 1. The van der Waals surface area contributed by atoms with Crippen molar-refractivity contribution in [3.8, 4) is 0 Å². The van der Waals surface area contributed by atoms with Crippen LogP contribution < -0.4 is 9.80 Å². The SMILES string of the molecule is CCN(CC)c1ccc(N(C(=O)OC(CS(=O)(=O)CCl)C(F)(F)F)C2CCC2)c(C)c1. The first-order chi connectivity index (χ1) is 14.4. The molecule has 2 rings (SSSR count). The highest BCUT2D eigenvalue weighted by Gasteiger charge is 2.47. The number of carbonyl (C=O) groups is 1. The Hall–Kier alpha value is -1.68. The first kappa shape index (κ1) is 25.6. The summed E-state index contributed by atoms with van der Waals surface area (Å²) in [6.45, 7) is 7.37. The van der Waals surface area contributed by atoms with Crippen LogP contribution in [-0.4, -0.2) is 56.9 Å². The molecular weight excluding hydrogens is 457 g/mol. The van der Waals surface area contributed by atoms with Crippen LogP contribution in [0.25, 0.3) is 0 Å². The number of nitrogens with zero attached hydrogens (tertiary/aromatic N) is 2. The van der Waals surface area contributed by atoms with Gasteiger partial charge in [0, 0.05) is 24.8 Å². The van der Waals surface area contributed by atoms with Gasteiger partial charge in [-0.1, -0.05) is 0 Å². The molecule has 0 saturated heterocycles. The van der Waals surface area contributed by atoms with E-state index in [1.165, 1.54) is 4.90 Å². The fourth-order valence-electron chi connectivity index (χ4n) is 3.43. The van der Waals surface area contributed by atoms with E-state index < -0.39 is 39.2 Å². The smallest absolute Gasteiger partial charge is 0.426 e. The lowest BCUT2D eigenvalue weighted by molar-refractivity contribution is -0.195. The van der Waals surface area contributed by atoms with Crippen molar-refractivity contribution in [3.05, 3.63) is 23.8 Å². The molecule has 1 aromatic rings. The van der Waals surface area contributed by atoms with Crippen molar-refractivity contribution in [1.29, 1.82) is 0 Å².